The fourth-order valence-corrected chi connectivity index (χ4v) is 4.99. The summed E-state index contributed by atoms with van der Waals surface area (Å²) in [6.45, 7) is 2.78. The van der Waals surface area contributed by atoms with Gasteiger partial charge in [0.15, 0.2) is 0 Å². The number of carbonyl (C=O) groups excluding carboxylic acids is 1. The zero-order chi connectivity index (χ0) is 20.5. The summed E-state index contributed by atoms with van der Waals surface area (Å²) in [7, 11) is 1.72. The minimum atomic E-state index is 0.149. The summed E-state index contributed by atoms with van der Waals surface area (Å²) in [4.78, 5) is 22.2. The lowest BCUT2D eigenvalue weighted by Crippen LogP contribution is -2.39. The highest BCUT2D eigenvalue weighted by Gasteiger charge is 2.24. The zero-order valence-corrected chi connectivity index (χ0v) is 17.7. The average molecular weight is 421 g/mol. The van der Waals surface area contributed by atoms with Gasteiger partial charge in [0, 0.05) is 42.7 Å². The monoisotopic (exact) mass is 420 g/mol. The lowest BCUT2D eigenvalue weighted by Gasteiger charge is -2.30. The minimum absolute atomic E-state index is 0.149. The molecule has 1 saturated heterocycles. The lowest BCUT2D eigenvalue weighted by atomic mass is 9.95. The van der Waals surface area contributed by atoms with Crippen LogP contribution in [-0.4, -0.2) is 40.9 Å². The Labute approximate surface area is 178 Å². The number of carbonyl (C=O) groups is 1. The molecule has 3 heterocycles. The van der Waals surface area contributed by atoms with Gasteiger partial charge >= 0.3 is 0 Å². The van der Waals surface area contributed by atoms with E-state index in [9.17, 15) is 4.79 Å². The maximum absolute atomic E-state index is 11.8. The number of hydrogen-bond acceptors (Lipinski definition) is 5. The second-order valence-electron chi connectivity index (χ2n) is 7.74. The standard InChI is InChI=1S/C23H24N4O2S/c1-24-22(28)15-8-10-27(11-9-15)14-16-13-25-20-12-17(6-7-18(16)20)29-23-26-19-4-2-3-5-21(19)30-23/h2-7,12-13,15,25H,8-11,14H2,1H3,(H,24,28). The van der Waals surface area contributed by atoms with E-state index in [1.165, 1.54) is 10.9 Å². The van der Waals surface area contributed by atoms with Gasteiger partial charge in [0.1, 0.15) is 5.75 Å². The molecule has 6 nitrogen and oxygen atoms in total. The number of benzene rings is 2. The number of amides is 1. The first-order chi connectivity index (χ1) is 14.7. The van der Waals surface area contributed by atoms with E-state index in [-0.39, 0.29) is 11.8 Å². The van der Waals surface area contributed by atoms with E-state index in [1.807, 2.05) is 30.3 Å². The number of likely N-dealkylation sites (tertiary alicyclic amines) is 1. The van der Waals surface area contributed by atoms with Crippen LogP contribution in [0, 0.1) is 5.92 Å². The fourth-order valence-electron chi connectivity index (χ4n) is 4.15. The maximum Gasteiger partial charge on any atom is 0.279 e. The molecule has 0 saturated carbocycles. The number of piperidine rings is 1. The number of nitrogens with one attached hydrogen (secondary N) is 2. The molecular formula is C23H24N4O2S. The molecule has 1 fully saturated rings. The van der Waals surface area contributed by atoms with Gasteiger partial charge in [-0.3, -0.25) is 9.69 Å². The molecule has 1 aliphatic rings. The molecule has 2 aromatic heterocycles. The van der Waals surface area contributed by atoms with Crippen molar-refractivity contribution in [3.8, 4) is 10.9 Å². The van der Waals surface area contributed by atoms with Crippen LogP contribution in [0.3, 0.4) is 0 Å². The second kappa shape index (κ2) is 8.08. The maximum atomic E-state index is 11.8. The van der Waals surface area contributed by atoms with Crippen molar-refractivity contribution in [1.29, 1.82) is 0 Å². The lowest BCUT2D eigenvalue weighted by molar-refractivity contribution is -0.125. The number of aromatic nitrogens is 2. The molecule has 1 aliphatic heterocycles. The number of para-hydroxylation sites is 1. The van der Waals surface area contributed by atoms with Crippen LogP contribution in [0.5, 0.6) is 10.9 Å². The second-order valence-corrected chi connectivity index (χ2v) is 8.73. The van der Waals surface area contributed by atoms with Crippen molar-refractivity contribution in [2.75, 3.05) is 20.1 Å². The Kier molecular flexibility index (Phi) is 5.14. The van der Waals surface area contributed by atoms with Gasteiger partial charge in [0.2, 0.25) is 5.91 Å². The van der Waals surface area contributed by atoms with Crippen LogP contribution in [0.15, 0.2) is 48.7 Å². The molecule has 7 heteroatoms. The van der Waals surface area contributed by atoms with Crippen molar-refractivity contribution < 1.29 is 9.53 Å². The number of rotatable bonds is 5. The van der Waals surface area contributed by atoms with E-state index in [0.717, 1.165) is 54.0 Å². The van der Waals surface area contributed by atoms with Crippen LogP contribution in [0.25, 0.3) is 21.1 Å². The van der Waals surface area contributed by atoms with E-state index < -0.39 is 0 Å². The molecule has 30 heavy (non-hydrogen) atoms. The molecule has 154 valence electrons. The topological polar surface area (TPSA) is 70.2 Å². The predicted molar refractivity (Wildman–Crippen MR) is 120 cm³/mol. The van der Waals surface area contributed by atoms with E-state index >= 15 is 0 Å². The fraction of sp³-hybridized carbons (Fsp3) is 0.304. The molecular weight excluding hydrogens is 396 g/mol. The highest BCUT2D eigenvalue weighted by Crippen LogP contribution is 2.33. The van der Waals surface area contributed by atoms with Crippen LogP contribution in [0.4, 0.5) is 0 Å². The number of nitrogens with zero attached hydrogens (tertiary/aromatic N) is 2. The first-order valence-corrected chi connectivity index (χ1v) is 11.1. The van der Waals surface area contributed by atoms with E-state index in [1.54, 1.807) is 18.4 Å². The smallest absolute Gasteiger partial charge is 0.279 e. The summed E-state index contributed by atoms with van der Waals surface area (Å²) in [5.41, 5.74) is 3.29. The van der Waals surface area contributed by atoms with Crippen LogP contribution in [0.1, 0.15) is 18.4 Å². The minimum Gasteiger partial charge on any atom is -0.431 e. The SMILES string of the molecule is CNC(=O)C1CCN(Cc2c[nH]c3cc(Oc4nc5ccccc5s4)ccc23)CC1. The number of aromatic amines is 1. The third-order valence-corrected chi connectivity index (χ3v) is 6.73. The van der Waals surface area contributed by atoms with Gasteiger partial charge in [-0.25, -0.2) is 4.98 Å². The molecule has 0 radical (unpaired) electrons. The normalized spacial score (nSPS) is 15.6. The summed E-state index contributed by atoms with van der Waals surface area (Å²) in [5, 5.41) is 4.63. The first-order valence-electron chi connectivity index (χ1n) is 10.3. The van der Waals surface area contributed by atoms with Gasteiger partial charge in [-0.05, 0) is 55.8 Å². The molecule has 0 aliphatic carbocycles. The number of hydrogen-bond donors (Lipinski definition) is 2. The molecule has 2 N–H and O–H groups in total. The van der Waals surface area contributed by atoms with E-state index in [0.29, 0.717) is 5.19 Å². The highest BCUT2D eigenvalue weighted by atomic mass is 32.1. The summed E-state index contributed by atoms with van der Waals surface area (Å²) in [6, 6.07) is 14.2. The summed E-state index contributed by atoms with van der Waals surface area (Å²) in [6.07, 6.45) is 3.92. The molecule has 5 rings (SSSR count). The zero-order valence-electron chi connectivity index (χ0n) is 16.9. The summed E-state index contributed by atoms with van der Waals surface area (Å²) < 4.78 is 7.14. The number of ether oxygens (including phenoxy) is 1. The Bertz CT molecular complexity index is 1160. The van der Waals surface area contributed by atoms with Crippen LogP contribution >= 0.6 is 11.3 Å². The predicted octanol–water partition coefficient (Wildman–Crippen LogP) is 4.53. The van der Waals surface area contributed by atoms with Gasteiger partial charge < -0.3 is 15.0 Å². The number of H-pyrrole nitrogens is 1. The Morgan fingerprint density at radius 2 is 2.10 bits per heavy atom. The summed E-state index contributed by atoms with van der Waals surface area (Å²) >= 11 is 1.55. The molecule has 0 bridgehead atoms. The van der Waals surface area contributed by atoms with Gasteiger partial charge in [-0.15, -0.1) is 0 Å². The third-order valence-electron chi connectivity index (χ3n) is 5.82. The van der Waals surface area contributed by atoms with E-state index in [2.05, 4.69) is 38.5 Å². The van der Waals surface area contributed by atoms with Gasteiger partial charge in [0.05, 0.1) is 10.2 Å². The Hall–Kier alpha value is -2.90. The Morgan fingerprint density at radius 3 is 2.90 bits per heavy atom. The Balaban J connectivity index is 1.28. The molecule has 4 aromatic rings. The molecule has 0 atom stereocenters. The molecule has 2 aromatic carbocycles. The molecule has 0 unspecified atom stereocenters. The van der Waals surface area contributed by atoms with Crippen LogP contribution in [-0.2, 0) is 11.3 Å². The molecule has 0 spiro atoms. The van der Waals surface area contributed by atoms with Gasteiger partial charge in [-0.2, -0.15) is 0 Å². The largest absolute Gasteiger partial charge is 0.431 e. The summed E-state index contributed by atoms with van der Waals surface area (Å²) in [5.74, 6) is 1.10. The highest BCUT2D eigenvalue weighted by molar-refractivity contribution is 7.20. The van der Waals surface area contributed by atoms with Crippen molar-refractivity contribution in [2.45, 2.75) is 19.4 Å². The molecule has 1 amide bonds. The Morgan fingerprint density at radius 1 is 1.27 bits per heavy atom. The van der Waals surface area contributed by atoms with Gasteiger partial charge in [0.25, 0.3) is 5.19 Å². The van der Waals surface area contributed by atoms with Crippen LogP contribution < -0.4 is 10.1 Å². The quantitative estimate of drug-likeness (QED) is 0.498. The van der Waals surface area contributed by atoms with Crippen molar-refractivity contribution in [3.63, 3.8) is 0 Å². The van der Waals surface area contributed by atoms with Gasteiger partial charge in [-0.1, -0.05) is 23.5 Å². The average Bonchev–Trinajstić information content (AvgIpc) is 3.37. The third kappa shape index (κ3) is 3.78. The first kappa shape index (κ1) is 19.1. The van der Waals surface area contributed by atoms with Crippen molar-refractivity contribution >= 4 is 38.4 Å². The van der Waals surface area contributed by atoms with E-state index in [4.69, 9.17) is 4.74 Å². The van der Waals surface area contributed by atoms with Crippen molar-refractivity contribution in [3.05, 3.63) is 54.2 Å². The number of fused-ring (bicyclic) bond motifs is 2. The van der Waals surface area contributed by atoms with Crippen molar-refractivity contribution in [1.82, 2.24) is 20.2 Å². The van der Waals surface area contributed by atoms with Crippen molar-refractivity contribution in [2.24, 2.45) is 5.92 Å². The number of thiazole rings is 1. The van der Waals surface area contributed by atoms with Crippen LogP contribution in [0.2, 0.25) is 0 Å².